The molecule has 0 atom stereocenters. The number of amides is 1. The second-order valence-corrected chi connectivity index (χ2v) is 5.57. The van der Waals surface area contributed by atoms with E-state index in [1.165, 1.54) is 0 Å². The highest BCUT2D eigenvalue weighted by atomic mass is 16.5. The van der Waals surface area contributed by atoms with Crippen LogP contribution in [0.15, 0.2) is 54.9 Å². The smallest absolute Gasteiger partial charge is 0.259 e. The maximum Gasteiger partial charge on any atom is 0.259 e. The average Bonchev–Trinajstić information content (AvgIpc) is 3.03. The summed E-state index contributed by atoms with van der Waals surface area (Å²) < 4.78 is 7.19. The Kier molecular flexibility index (Phi) is 5.09. The van der Waals surface area contributed by atoms with E-state index in [0.717, 1.165) is 17.9 Å². The molecule has 1 aromatic carbocycles. The van der Waals surface area contributed by atoms with Gasteiger partial charge < -0.3 is 10.1 Å². The van der Waals surface area contributed by atoms with Crippen molar-refractivity contribution in [1.82, 2.24) is 14.8 Å². The second-order valence-electron chi connectivity index (χ2n) is 5.57. The van der Waals surface area contributed by atoms with Crippen molar-refractivity contribution in [3.05, 3.63) is 66.1 Å². The van der Waals surface area contributed by atoms with E-state index >= 15 is 0 Å². The molecule has 2 heterocycles. The third-order valence-corrected chi connectivity index (χ3v) is 3.71. The molecule has 128 valence electrons. The summed E-state index contributed by atoms with van der Waals surface area (Å²) in [4.78, 5) is 16.8. The number of anilines is 1. The summed E-state index contributed by atoms with van der Waals surface area (Å²) in [6, 6.07) is 12.9. The molecule has 0 aliphatic rings. The third-order valence-electron chi connectivity index (χ3n) is 3.71. The molecule has 0 aliphatic carbocycles. The van der Waals surface area contributed by atoms with E-state index in [1.54, 1.807) is 17.1 Å². The van der Waals surface area contributed by atoms with Crippen molar-refractivity contribution in [2.24, 2.45) is 0 Å². The molecule has 1 amide bonds. The lowest BCUT2D eigenvalue weighted by atomic mass is 10.2. The number of rotatable bonds is 6. The minimum Gasteiger partial charge on any atom is -0.494 e. The van der Waals surface area contributed by atoms with Gasteiger partial charge in [-0.15, -0.1) is 0 Å². The van der Waals surface area contributed by atoms with Crippen molar-refractivity contribution in [1.29, 1.82) is 0 Å². The number of nitrogens with one attached hydrogen (secondary N) is 1. The molecule has 0 bridgehead atoms. The van der Waals surface area contributed by atoms with E-state index in [-0.39, 0.29) is 5.91 Å². The fourth-order valence-corrected chi connectivity index (χ4v) is 2.40. The van der Waals surface area contributed by atoms with Gasteiger partial charge >= 0.3 is 0 Å². The first kappa shape index (κ1) is 16.7. The summed E-state index contributed by atoms with van der Waals surface area (Å²) in [5.41, 5.74) is 1.95. The molecule has 0 aliphatic heterocycles. The van der Waals surface area contributed by atoms with Gasteiger partial charge in [0.2, 0.25) is 0 Å². The van der Waals surface area contributed by atoms with Gasteiger partial charge in [0.05, 0.1) is 24.1 Å². The molecule has 1 N–H and O–H groups in total. The van der Waals surface area contributed by atoms with Crippen molar-refractivity contribution in [3.8, 4) is 11.6 Å². The van der Waals surface area contributed by atoms with Gasteiger partial charge in [-0.05, 0) is 49.7 Å². The van der Waals surface area contributed by atoms with E-state index in [2.05, 4.69) is 22.3 Å². The van der Waals surface area contributed by atoms with Crippen LogP contribution in [0.1, 0.15) is 29.4 Å². The van der Waals surface area contributed by atoms with E-state index < -0.39 is 0 Å². The van der Waals surface area contributed by atoms with Crippen LogP contribution in [0.25, 0.3) is 5.82 Å². The monoisotopic (exact) mass is 336 g/mol. The second kappa shape index (κ2) is 7.61. The normalized spacial score (nSPS) is 10.5. The molecule has 0 spiro atoms. The van der Waals surface area contributed by atoms with E-state index in [4.69, 9.17) is 4.74 Å². The molecule has 6 nitrogen and oxygen atoms in total. The highest BCUT2D eigenvalue weighted by molar-refractivity contribution is 6.05. The maximum atomic E-state index is 12.5. The molecule has 0 radical (unpaired) electrons. The Hall–Kier alpha value is -3.15. The molecule has 0 saturated heterocycles. The first-order chi connectivity index (χ1) is 12.2. The van der Waals surface area contributed by atoms with Crippen molar-refractivity contribution in [2.75, 3.05) is 11.9 Å². The summed E-state index contributed by atoms with van der Waals surface area (Å²) in [5, 5.41) is 7.15. The quantitative estimate of drug-likeness (QED) is 0.746. The number of aromatic nitrogens is 3. The number of carbonyl (C=O) groups excluding carboxylic acids is 1. The number of hydrogen-bond donors (Lipinski definition) is 1. The van der Waals surface area contributed by atoms with Gasteiger partial charge in [0.1, 0.15) is 5.75 Å². The van der Waals surface area contributed by atoms with Crippen molar-refractivity contribution in [2.45, 2.75) is 20.3 Å². The SMILES string of the molecule is CCCOc1ccc(NC(=O)c2cnn(-c3ccccn3)c2C)cc1. The van der Waals surface area contributed by atoms with Crippen LogP contribution in [-0.2, 0) is 0 Å². The lowest BCUT2D eigenvalue weighted by Gasteiger charge is -2.08. The summed E-state index contributed by atoms with van der Waals surface area (Å²) in [6.45, 7) is 4.58. The van der Waals surface area contributed by atoms with Gasteiger partial charge in [-0.2, -0.15) is 5.10 Å². The van der Waals surface area contributed by atoms with Crippen LogP contribution < -0.4 is 10.1 Å². The van der Waals surface area contributed by atoms with Crippen molar-refractivity contribution < 1.29 is 9.53 Å². The number of benzene rings is 1. The number of ether oxygens (including phenoxy) is 1. The van der Waals surface area contributed by atoms with Gasteiger partial charge in [0, 0.05) is 11.9 Å². The van der Waals surface area contributed by atoms with E-state index in [1.807, 2.05) is 49.4 Å². The zero-order valence-electron chi connectivity index (χ0n) is 14.3. The molecule has 0 fully saturated rings. The molecule has 25 heavy (non-hydrogen) atoms. The standard InChI is InChI=1S/C19H20N4O2/c1-3-12-25-16-9-7-15(8-10-16)22-19(24)17-13-21-23(14(17)2)18-6-4-5-11-20-18/h4-11,13H,3,12H2,1-2H3,(H,22,24). The predicted molar refractivity (Wildman–Crippen MR) is 96.3 cm³/mol. The minimum atomic E-state index is -0.207. The Labute approximate surface area is 146 Å². The Morgan fingerprint density at radius 2 is 2.00 bits per heavy atom. The molecule has 0 unspecified atom stereocenters. The molecule has 0 saturated carbocycles. The number of hydrogen-bond acceptors (Lipinski definition) is 4. The summed E-state index contributed by atoms with van der Waals surface area (Å²) in [6.07, 6.45) is 4.20. The van der Waals surface area contributed by atoms with E-state index in [9.17, 15) is 4.79 Å². The highest BCUT2D eigenvalue weighted by Gasteiger charge is 2.15. The fourth-order valence-electron chi connectivity index (χ4n) is 2.40. The van der Waals surface area contributed by atoms with Crippen LogP contribution in [0.3, 0.4) is 0 Å². The largest absolute Gasteiger partial charge is 0.494 e. The van der Waals surface area contributed by atoms with Crippen molar-refractivity contribution in [3.63, 3.8) is 0 Å². The Bertz CT molecular complexity index is 842. The molecular weight excluding hydrogens is 316 g/mol. The summed E-state index contributed by atoms with van der Waals surface area (Å²) in [5.74, 6) is 1.26. The van der Waals surface area contributed by atoms with Crippen LogP contribution in [0.2, 0.25) is 0 Å². The topological polar surface area (TPSA) is 69.0 Å². The molecule has 3 aromatic rings. The number of carbonyl (C=O) groups is 1. The van der Waals surface area contributed by atoms with Gasteiger partial charge in [0.25, 0.3) is 5.91 Å². The molecular formula is C19H20N4O2. The zero-order valence-corrected chi connectivity index (χ0v) is 14.3. The van der Waals surface area contributed by atoms with Gasteiger partial charge in [-0.25, -0.2) is 9.67 Å². The fraction of sp³-hybridized carbons (Fsp3) is 0.211. The van der Waals surface area contributed by atoms with Crippen molar-refractivity contribution >= 4 is 11.6 Å². The first-order valence-electron chi connectivity index (χ1n) is 8.19. The Morgan fingerprint density at radius 3 is 2.68 bits per heavy atom. The highest BCUT2D eigenvalue weighted by Crippen LogP contribution is 2.18. The lowest BCUT2D eigenvalue weighted by molar-refractivity contribution is 0.102. The van der Waals surface area contributed by atoms with Crippen LogP contribution in [0.5, 0.6) is 5.75 Å². The van der Waals surface area contributed by atoms with Crippen LogP contribution in [0.4, 0.5) is 5.69 Å². The number of nitrogens with zero attached hydrogens (tertiary/aromatic N) is 3. The van der Waals surface area contributed by atoms with Gasteiger partial charge in [0.15, 0.2) is 5.82 Å². The summed E-state index contributed by atoms with van der Waals surface area (Å²) >= 11 is 0. The summed E-state index contributed by atoms with van der Waals surface area (Å²) in [7, 11) is 0. The lowest BCUT2D eigenvalue weighted by Crippen LogP contribution is -2.13. The van der Waals surface area contributed by atoms with E-state index in [0.29, 0.717) is 23.7 Å². The maximum absolute atomic E-state index is 12.5. The third kappa shape index (κ3) is 3.85. The first-order valence-corrected chi connectivity index (χ1v) is 8.19. The van der Waals surface area contributed by atoms with Crippen LogP contribution >= 0.6 is 0 Å². The minimum absolute atomic E-state index is 0.207. The number of pyridine rings is 1. The Balaban J connectivity index is 1.73. The average molecular weight is 336 g/mol. The van der Waals surface area contributed by atoms with Gasteiger partial charge in [-0.3, -0.25) is 4.79 Å². The van der Waals surface area contributed by atoms with Crippen LogP contribution in [0, 0.1) is 6.92 Å². The molecule has 2 aromatic heterocycles. The predicted octanol–water partition coefficient (Wildman–Crippen LogP) is 3.62. The van der Waals surface area contributed by atoms with Gasteiger partial charge in [-0.1, -0.05) is 13.0 Å². The Morgan fingerprint density at radius 1 is 1.20 bits per heavy atom. The zero-order chi connectivity index (χ0) is 17.6. The molecule has 6 heteroatoms. The molecule has 3 rings (SSSR count). The van der Waals surface area contributed by atoms with Crippen LogP contribution in [-0.4, -0.2) is 27.3 Å².